The van der Waals surface area contributed by atoms with Crippen LogP contribution in [0.1, 0.15) is 32.8 Å². The average molecular weight is 463 g/mol. The molecule has 3 aromatic carbocycles. The van der Waals surface area contributed by atoms with E-state index < -0.39 is 0 Å². The van der Waals surface area contributed by atoms with Gasteiger partial charge in [0.05, 0.1) is 6.61 Å². The number of ether oxygens (including phenoxy) is 2. The lowest BCUT2D eigenvalue weighted by Gasteiger charge is -2.22. The summed E-state index contributed by atoms with van der Waals surface area (Å²) in [5.41, 5.74) is 3.49. The molecule has 0 saturated carbocycles. The summed E-state index contributed by atoms with van der Waals surface area (Å²) in [6.07, 6.45) is 0.928. The fraction of sp³-hybridized carbons (Fsp3) is 0.321. The van der Waals surface area contributed by atoms with Crippen molar-refractivity contribution in [2.24, 2.45) is 0 Å². The number of anilines is 2. The highest BCUT2D eigenvalue weighted by atomic mass is 32.1. The van der Waals surface area contributed by atoms with Gasteiger partial charge < -0.3 is 19.3 Å². The van der Waals surface area contributed by atoms with E-state index in [1.54, 1.807) is 0 Å². The zero-order valence-electron chi connectivity index (χ0n) is 20.2. The van der Waals surface area contributed by atoms with Crippen LogP contribution in [0, 0.1) is 0 Å². The minimum absolute atomic E-state index is 0.104. The summed E-state index contributed by atoms with van der Waals surface area (Å²) in [4.78, 5) is 4.08. The molecule has 0 aromatic heterocycles. The van der Waals surface area contributed by atoms with Crippen molar-refractivity contribution in [3.8, 4) is 11.5 Å². The second kappa shape index (κ2) is 11.2. The lowest BCUT2D eigenvalue weighted by Crippen LogP contribution is -2.29. The molecule has 0 unspecified atom stereocenters. The molecule has 0 atom stereocenters. The molecule has 3 rings (SSSR count). The average Bonchev–Trinajstić information content (AvgIpc) is 2.81. The molecular formula is C28H34N2O2S. The van der Waals surface area contributed by atoms with E-state index in [1.807, 2.05) is 54.4 Å². The number of benzene rings is 3. The van der Waals surface area contributed by atoms with Gasteiger partial charge in [-0.15, -0.1) is 0 Å². The molecule has 3 aromatic rings. The predicted octanol–water partition coefficient (Wildman–Crippen LogP) is 6.69. The van der Waals surface area contributed by atoms with Crippen LogP contribution in [-0.2, 0) is 5.41 Å². The summed E-state index contributed by atoms with van der Waals surface area (Å²) in [7, 11) is 4.00. The van der Waals surface area contributed by atoms with Crippen LogP contribution in [0.2, 0.25) is 0 Å². The fourth-order valence-electron chi connectivity index (χ4n) is 3.38. The van der Waals surface area contributed by atoms with E-state index in [4.69, 9.17) is 21.7 Å². The van der Waals surface area contributed by atoms with E-state index in [0.717, 1.165) is 30.2 Å². The summed E-state index contributed by atoms with van der Waals surface area (Å²) in [5, 5.41) is 0.389. The fourth-order valence-corrected chi connectivity index (χ4v) is 3.58. The van der Waals surface area contributed by atoms with E-state index in [2.05, 4.69) is 69.1 Å². The molecule has 5 heteroatoms. The molecule has 174 valence electrons. The lowest BCUT2D eigenvalue weighted by molar-refractivity contribution is 0.312. The number of para-hydroxylation sites is 1. The van der Waals surface area contributed by atoms with Crippen molar-refractivity contribution in [1.82, 2.24) is 0 Å². The number of hydrogen-bond donors (Lipinski definition) is 0. The lowest BCUT2D eigenvalue weighted by atomic mass is 9.87. The third-order valence-corrected chi connectivity index (χ3v) is 5.87. The maximum absolute atomic E-state index is 5.99. The Hall–Kier alpha value is -3.05. The van der Waals surface area contributed by atoms with Gasteiger partial charge in [0, 0.05) is 38.1 Å². The summed E-state index contributed by atoms with van der Waals surface area (Å²) in [5.74, 6) is 1.55. The molecule has 0 bridgehead atoms. The number of thiocarbonyl (C=S) groups is 1. The van der Waals surface area contributed by atoms with Crippen LogP contribution < -0.4 is 19.3 Å². The predicted molar refractivity (Wildman–Crippen MR) is 143 cm³/mol. The van der Waals surface area contributed by atoms with E-state index in [9.17, 15) is 0 Å². The van der Waals surface area contributed by atoms with Crippen molar-refractivity contribution >= 4 is 28.8 Å². The van der Waals surface area contributed by atoms with Gasteiger partial charge >= 0.3 is 0 Å². The van der Waals surface area contributed by atoms with Crippen molar-refractivity contribution in [1.29, 1.82) is 0 Å². The molecule has 0 N–H and O–H groups in total. The molecule has 0 radical (unpaired) electrons. The van der Waals surface area contributed by atoms with E-state index in [-0.39, 0.29) is 5.41 Å². The van der Waals surface area contributed by atoms with Gasteiger partial charge in [-0.1, -0.05) is 57.2 Å². The highest BCUT2D eigenvalue weighted by Gasteiger charge is 2.14. The smallest absolute Gasteiger partial charge is 0.269 e. The Morgan fingerprint density at radius 1 is 0.818 bits per heavy atom. The molecular weight excluding hydrogens is 428 g/mol. The summed E-state index contributed by atoms with van der Waals surface area (Å²) < 4.78 is 11.9. The van der Waals surface area contributed by atoms with Gasteiger partial charge in [-0.05, 0) is 66.0 Å². The van der Waals surface area contributed by atoms with E-state index in [0.29, 0.717) is 11.8 Å². The topological polar surface area (TPSA) is 24.9 Å². The minimum atomic E-state index is 0.104. The van der Waals surface area contributed by atoms with Gasteiger partial charge in [-0.25, -0.2) is 0 Å². The first-order chi connectivity index (χ1) is 15.7. The Kier molecular flexibility index (Phi) is 8.34. The standard InChI is InChI=1S/C28H34N2O2S/c1-28(2,3)22-15-17-25(18-16-22)32-27(33)30(5)24-13-9-14-26(21-24)31-20-10-19-29(4)23-11-7-6-8-12-23/h6-9,11-18,21H,10,19-20H2,1-5H3. The van der Waals surface area contributed by atoms with Crippen LogP contribution in [0.3, 0.4) is 0 Å². The quantitative estimate of drug-likeness (QED) is 0.274. The molecule has 0 saturated heterocycles. The second-order valence-corrected chi connectivity index (χ2v) is 9.51. The maximum atomic E-state index is 5.99. The zero-order valence-corrected chi connectivity index (χ0v) is 21.1. The van der Waals surface area contributed by atoms with Crippen LogP contribution in [0.15, 0.2) is 78.9 Å². The summed E-state index contributed by atoms with van der Waals surface area (Å²) in [6.45, 7) is 8.15. The van der Waals surface area contributed by atoms with Crippen LogP contribution in [0.4, 0.5) is 11.4 Å². The van der Waals surface area contributed by atoms with E-state index in [1.165, 1.54) is 11.3 Å². The number of rotatable bonds is 8. The first kappa shape index (κ1) is 24.6. The molecule has 0 fully saturated rings. The Bertz CT molecular complexity index is 1030. The first-order valence-corrected chi connectivity index (χ1v) is 11.7. The first-order valence-electron chi connectivity index (χ1n) is 11.3. The van der Waals surface area contributed by atoms with Gasteiger partial charge in [0.2, 0.25) is 0 Å². The van der Waals surface area contributed by atoms with Crippen molar-refractivity contribution in [3.63, 3.8) is 0 Å². The molecule has 4 nitrogen and oxygen atoms in total. The van der Waals surface area contributed by atoms with Gasteiger partial charge in [0.15, 0.2) is 0 Å². The maximum Gasteiger partial charge on any atom is 0.269 e. The van der Waals surface area contributed by atoms with Crippen LogP contribution in [-0.4, -0.2) is 32.4 Å². The minimum Gasteiger partial charge on any atom is -0.493 e. The monoisotopic (exact) mass is 462 g/mol. The largest absolute Gasteiger partial charge is 0.493 e. The van der Waals surface area contributed by atoms with Crippen molar-refractivity contribution in [3.05, 3.63) is 84.4 Å². The van der Waals surface area contributed by atoms with Gasteiger partial charge in [-0.2, -0.15) is 0 Å². The second-order valence-electron chi connectivity index (χ2n) is 9.16. The van der Waals surface area contributed by atoms with Gasteiger partial charge in [-0.3, -0.25) is 0 Å². The van der Waals surface area contributed by atoms with Crippen molar-refractivity contribution < 1.29 is 9.47 Å². The molecule has 0 aliphatic carbocycles. The highest BCUT2D eigenvalue weighted by Crippen LogP contribution is 2.26. The molecule has 0 heterocycles. The van der Waals surface area contributed by atoms with Crippen LogP contribution in [0.25, 0.3) is 0 Å². The van der Waals surface area contributed by atoms with Crippen molar-refractivity contribution in [2.45, 2.75) is 32.6 Å². The van der Waals surface area contributed by atoms with Crippen molar-refractivity contribution in [2.75, 3.05) is 37.0 Å². The summed E-state index contributed by atoms with van der Waals surface area (Å²) in [6, 6.07) is 26.4. The van der Waals surface area contributed by atoms with Crippen LogP contribution in [0.5, 0.6) is 11.5 Å². The SMILES string of the molecule is CN(CCCOc1cccc(N(C)C(=S)Oc2ccc(C(C)(C)C)cc2)c1)c1ccccc1. The highest BCUT2D eigenvalue weighted by molar-refractivity contribution is 7.80. The molecule has 0 aliphatic heterocycles. The Morgan fingerprint density at radius 3 is 2.15 bits per heavy atom. The molecule has 33 heavy (non-hydrogen) atoms. The zero-order chi connectivity index (χ0) is 23.8. The van der Waals surface area contributed by atoms with Gasteiger partial charge in [0.25, 0.3) is 5.17 Å². The Labute approximate surface area is 203 Å². The number of hydrogen-bond acceptors (Lipinski definition) is 4. The molecule has 0 aliphatic rings. The number of nitrogens with zero attached hydrogens (tertiary/aromatic N) is 2. The normalized spacial score (nSPS) is 11.1. The van der Waals surface area contributed by atoms with Crippen LogP contribution >= 0.6 is 12.2 Å². The third kappa shape index (κ3) is 7.22. The summed E-state index contributed by atoms with van der Waals surface area (Å²) >= 11 is 5.53. The molecule has 0 spiro atoms. The Morgan fingerprint density at radius 2 is 1.48 bits per heavy atom. The molecule has 0 amide bonds. The third-order valence-electron chi connectivity index (χ3n) is 5.51. The Balaban J connectivity index is 1.51. The van der Waals surface area contributed by atoms with E-state index >= 15 is 0 Å². The van der Waals surface area contributed by atoms with Gasteiger partial charge in [0.1, 0.15) is 11.5 Å².